The lowest BCUT2D eigenvalue weighted by molar-refractivity contribution is -0.191. The van der Waals surface area contributed by atoms with E-state index < -0.39 is 48.8 Å². The zero-order valence-electron chi connectivity index (χ0n) is 10.2. The van der Waals surface area contributed by atoms with E-state index in [-0.39, 0.29) is 0 Å². The van der Waals surface area contributed by atoms with E-state index in [9.17, 15) is 27.2 Å². The second-order valence-corrected chi connectivity index (χ2v) is 3.99. The van der Waals surface area contributed by atoms with Crippen LogP contribution >= 0.6 is 0 Å². The van der Waals surface area contributed by atoms with Crippen molar-refractivity contribution in [2.24, 2.45) is 0 Å². The molecule has 0 aromatic rings. The average Bonchev–Trinajstić information content (AvgIpc) is 2.45. The third-order valence-electron chi connectivity index (χ3n) is 2.70. The van der Waals surface area contributed by atoms with Gasteiger partial charge in [-0.1, -0.05) is 13.2 Å². The van der Waals surface area contributed by atoms with Crippen LogP contribution in [0.3, 0.4) is 0 Å². The summed E-state index contributed by atoms with van der Waals surface area (Å²) >= 11 is 0. The fourth-order valence-electron chi connectivity index (χ4n) is 1.70. The second kappa shape index (κ2) is 6.53. The molecule has 0 saturated heterocycles. The Kier molecular flexibility index (Phi) is 5.29. The molecule has 1 aliphatic carbocycles. The first-order chi connectivity index (χ1) is 9.33. The van der Waals surface area contributed by atoms with Crippen LogP contribution in [0.4, 0.5) is 17.6 Å². The molecule has 20 heavy (non-hydrogen) atoms. The van der Waals surface area contributed by atoms with Crippen LogP contribution in [0.5, 0.6) is 0 Å². The Bertz CT molecular complexity index is 360. The maximum absolute atomic E-state index is 13.7. The first-order valence-electron chi connectivity index (χ1n) is 5.55. The van der Waals surface area contributed by atoms with E-state index in [1.54, 1.807) is 0 Å². The van der Waals surface area contributed by atoms with Crippen LogP contribution in [-0.4, -0.2) is 48.8 Å². The minimum absolute atomic E-state index is 0.601. The predicted molar refractivity (Wildman–Crippen MR) is 59.7 cm³/mol. The molecule has 1 rings (SSSR count). The highest BCUT2D eigenvalue weighted by atomic mass is 19.2. The quantitative estimate of drug-likeness (QED) is 0.449. The molecule has 4 nitrogen and oxygen atoms in total. The molecular weight excluding hydrogens is 284 g/mol. The minimum atomic E-state index is -2.68. The van der Waals surface area contributed by atoms with Crippen LogP contribution in [0, 0.1) is 0 Å². The van der Waals surface area contributed by atoms with Gasteiger partial charge in [-0.15, -0.1) is 0 Å². The fourth-order valence-corrected chi connectivity index (χ4v) is 1.70. The molecule has 112 valence electrons. The van der Waals surface area contributed by atoms with Crippen LogP contribution in [0.1, 0.15) is 0 Å². The molecule has 0 spiro atoms. The Hall–Kier alpha value is -1.86. The molecule has 4 unspecified atom stereocenters. The highest BCUT2D eigenvalue weighted by Gasteiger charge is 2.56. The number of hydrogen-bond donors (Lipinski definition) is 0. The van der Waals surface area contributed by atoms with Gasteiger partial charge in [-0.2, -0.15) is 0 Å². The summed E-state index contributed by atoms with van der Waals surface area (Å²) in [5.74, 6) is -2.44. The van der Waals surface area contributed by atoms with Crippen molar-refractivity contribution in [2.75, 3.05) is 0 Å². The Morgan fingerprint density at radius 3 is 1.20 bits per heavy atom. The van der Waals surface area contributed by atoms with Crippen LogP contribution in [-0.2, 0) is 19.1 Å². The number of hydrogen-bond acceptors (Lipinski definition) is 4. The Morgan fingerprint density at radius 2 is 1.00 bits per heavy atom. The maximum Gasteiger partial charge on any atom is 0.330 e. The minimum Gasteiger partial charge on any atom is -0.453 e. The molecule has 1 fully saturated rings. The van der Waals surface area contributed by atoms with E-state index in [0.717, 1.165) is 0 Å². The number of halogens is 4. The van der Waals surface area contributed by atoms with Crippen molar-refractivity contribution in [1.82, 2.24) is 0 Å². The summed E-state index contributed by atoms with van der Waals surface area (Å²) < 4.78 is 63.1. The topological polar surface area (TPSA) is 52.6 Å². The largest absolute Gasteiger partial charge is 0.453 e. The highest BCUT2D eigenvalue weighted by Crippen LogP contribution is 2.33. The number of ether oxygens (including phenoxy) is 2. The fraction of sp³-hybridized carbons (Fsp3) is 0.500. The van der Waals surface area contributed by atoms with Gasteiger partial charge in [0.1, 0.15) is 0 Å². The van der Waals surface area contributed by atoms with Crippen molar-refractivity contribution in [3.05, 3.63) is 25.3 Å². The molecule has 1 saturated carbocycles. The molecule has 0 aliphatic heterocycles. The Labute approximate surface area is 112 Å². The summed E-state index contributed by atoms with van der Waals surface area (Å²) in [5.41, 5.74) is 0. The van der Waals surface area contributed by atoms with Crippen molar-refractivity contribution >= 4 is 11.9 Å². The predicted octanol–water partition coefficient (Wildman–Crippen LogP) is 1.55. The van der Waals surface area contributed by atoms with Gasteiger partial charge in [0.2, 0.25) is 0 Å². The lowest BCUT2D eigenvalue weighted by Crippen LogP contribution is -2.60. The Morgan fingerprint density at radius 1 is 0.750 bits per heavy atom. The second-order valence-electron chi connectivity index (χ2n) is 3.99. The van der Waals surface area contributed by atoms with Gasteiger partial charge in [-0.3, -0.25) is 0 Å². The smallest absolute Gasteiger partial charge is 0.330 e. The molecule has 0 radical (unpaired) electrons. The van der Waals surface area contributed by atoms with Gasteiger partial charge in [0.15, 0.2) is 36.9 Å². The molecule has 8 heteroatoms. The van der Waals surface area contributed by atoms with Crippen molar-refractivity contribution in [3.8, 4) is 0 Å². The summed E-state index contributed by atoms with van der Waals surface area (Å²) in [4.78, 5) is 21.7. The molecular formula is C12H12F4O4. The summed E-state index contributed by atoms with van der Waals surface area (Å²) in [6, 6.07) is 0. The molecule has 0 N–H and O–H groups in total. The van der Waals surface area contributed by atoms with Crippen LogP contribution in [0.2, 0.25) is 0 Å². The van der Waals surface area contributed by atoms with Gasteiger partial charge in [0.05, 0.1) is 0 Å². The van der Waals surface area contributed by atoms with Crippen LogP contribution in [0.15, 0.2) is 25.3 Å². The molecule has 0 amide bonds. The number of esters is 2. The first kappa shape index (κ1) is 16.2. The van der Waals surface area contributed by atoms with Crippen LogP contribution in [0.25, 0.3) is 0 Å². The van der Waals surface area contributed by atoms with Gasteiger partial charge in [-0.25, -0.2) is 27.2 Å². The van der Waals surface area contributed by atoms with Crippen molar-refractivity contribution in [2.45, 2.75) is 36.9 Å². The Balaban J connectivity index is 2.89. The van der Waals surface area contributed by atoms with Crippen molar-refractivity contribution in [3.63, 3.8) is 0 Å². The average molecular weight is 296 g/mol. The van der Waals surface area contributed by atoms with Gasteiger partial charge in [0, 0.05) is 12.2 Å². The number of rotatable bonds is 4. The van der Waals surface area contributed by atoms with E-state index in [4.69, 9.17) is 0 Å². The van der Waals surface area contributed by atoms with E-state index in [2.05, 4.69) is 22.6 Å². The molecule has 1 aliphatic rings. The summed E-state index contributed by atoms with van der Waals surface area (Å²) in [6.07, 6.45) is -14.1. The van der Waals surface area contributed by atoms with E-state index >= 15 is 0 Å². The number of alkyl halides is 4. The third-order valence-corrected chi connectivity index (χ3v) is 2.70. The zero-order chi connectivity index (χ0) is 15.4. The van der Waals surface area contributed by atoms with E-state index in [1.807, 2.05) is 0 Å². The van der Waals surface area contributed by atoms with Crippen LogP contribution < -0.4 is 0 Å². The number of carbonyl (C=O) groups excluding carboxylic acids is 2. The maximum atomic E-state index is 13.7. The van der Waals surface area contributed by atoms with Gasteiger partial charge in [-0.05, 0) is 0 Å². The van der Waals surface area contributed by atoms with Crippen molar-refractivity contribution in [1.29, 1.82) is 0 Å². The number of carbonyl (C=O) groups is 2. The van der Waals surface area contributed by atoms with E-state index in [0.29, 0.717) is 12.2 Å². The normalized spacial score (nSPS) is 36.8. The molecule has 4 atom stereocenters. The third kappa shape index (κ3) is 3.17. The van der Waals surface area contributed by atoms with Gasteiger partial charge >= 0.3 is 11.9 Å². The van der Waals surface area contributed by atoms with Crippen molar-refractivity contribution < 1.29 is 36.6 Å². The molecule has 0 aromatic carbocycles. The molecule has 0 bridgehead atoms. The SMILES string of the molecule is C=CC(=O)OC1C(F)C(F)C(OC(=O)C=C)C(F)C1F. The summed E-state index contributed by atoms with van der Waals surface area (Å²) in [7, 11) is 0. The summed E-state index contributed by atoms with van der Waals surface area (Å²) in [5, 5.41) is 0. The van der Waals surface area contributed by atoms with E-state index in [1.165, 1.54) is 0 Å². The summed E-state index contributed by atoms with van der Waals surface area (Å²) in [6.45, 7) is 5.98. The molecule has 0 aromatic heterocycles. The monoisotopic (exact) mass is 296 g/mol. The van der Waals surface area contributed by atoms with Gasteiger partial charge in [0.25, 0.3) is 0 Å². The standard InChI is InChI=1S/C12H12F4O4/c1-3-5(17)19-11-7(13)9(15)12(10(16)8(11)14)20-6(18)4-2/h3-4,7-12H,1-2H2. The zero-order valence-corrected chi connectivity index (χ0v) is 10.2. The molecule has 0 heterocycles. The first-order valence-corrected chi connectivity index (χ1v) is 5.55. The lowest BCUT2D eigenvalue weighted by atomic mass is 9.88. The highest BCUT2D eigenvalue weighted by molar-refractivity contribution is 5.82. The van der Waals surface area contributed by atoms with Gasteiger partial charge < -0.3 is 9.47 Å². The lowest BCUT2D eigenvalue weighted by Gasteiger charge is -2.38.